The Morgan fingerprint density at radius 3 is 2.55 bits per heavy atom. The maximum Gasteiger partial charge on any atom is 0.326 e. The third-order valence-corrected chi connectivity index (χ3v) is 5.27. The highest BCUT2D eigenvalue weighted by molar-refractivity contribution is 7.91. The topological polar surface area (TPSA) is 104 Å². The molecule has 20 heavy (non-hydrogen) atoms. The van der Waals surface area contributed by atoms with Crippen LogP contribution in [-0.2, 0) is 14.6 Å². The molecule has 2 N–H and O–H groups in total. The second-order valence-electron chi connectivity index (χ2n) is 5.15. The van der Waals surface area contributed by atoms with Crippen LogP contribution < -0.4 is 5.32 Å². The molecule has 7 nitrogen and oxygen atoms in total. The molecule has 0 saturated carbocycles. The monoisotopic (exact) mass is 306 g/mol. The second kappa shape index (κ2) is 6.92. The van der Waals surface area contributed by atoms with Gasteiger partial charge in [-0.25, -0.2) is 18.0 Å². The number of carboxylic acid groups (broad SMARTS) is 1. The number of sulfone groups is 1. The molecule has 1 unspecified atom stereocenters. The summed E-state index contributed by atoms with van der Waals surface area (Å²) >= 11 is 0. The zero-order valence-corrected chi connectivity index (χ0v) is 12.6. The van der Waals surface area contributed by atoms with Crippen LogP contribution in [0.3, 0.4) is 0 Å². The van der Waals surface area contributed by atoms with Gasteiger partial charge in [0.05, 0.1) is 11.5 Å². The van der Waals surface area contributed by atoms with E-state index < -0.39 is 27.9 Å². The van der Waals surface area contributed by atoms with Crippen molar-refractivity contribution < 1.29 is 23.1 Å². The average Bonchev–Trinajstić information content (AvgIpc) is 2.73. The Morgan fingerprint density at radius 2 is 2.10 bits per heavy atom. The molecule has 0 spiro atoms. The first-order valence-electron chi connectivity index (χ1n) is 6.73. The molecule has 0 aromatic carbocycles. The molecule has 8 heteroatoms. The van der Waals surface area contributed by atoms with Gasteiger partial charge < -0.3 is 15.3 Å². The van der Waals surface area contributed by atoms with Crippen LogP contribution in [0.4, 0.5) is 4.79 Å². The summed E-state index contributed by atoms with van der Waals surface area (Å²) in [6.07, 6.45) is 2.32. The summed E-state index contributed by atoms with van der Waals surface area (Å²) in [5, 5.41) is 11.5. The van der Waals surface area contributed by atoms with Gasteiger partial charge in [-0.3, -0.25) is 0 Å². The minimum atomic E-state index is -3.07. The minimum absolute atomic E-state index is 0.0520. The molecule has 116 valence electrons. The lowest BCUT2D eigenvalue weighted by Crippen LogP contribution is -2.50. The largest absolute Gasteiger partial charge is 0.480 e. The molecule has 0 aromatic heterocycles. The number of rotatable bonds is 6. The van der Waals surface area contributed by atoms with Crippen LogP contribution in [0.25, 0.3) is 0 Å². The van der Waals surface area contributed by atoms with Crippen molar-refractivity contribution in [1.82, 2.24) is 10.2 Å². The Bertz CT molecular complexity index is 462. The van der Waals surface area contributed by atoms with E-state index in [1.54, 1.807) is 0 Å². The zero-order chi connectivity index (χ0) is 15.3. The van der Waals surface area contributed by atoms with Gasteiger partial charge in [-0.15, -0.1) is 0 Å². The zero-order valence-electron chi connectivity index (χ0n) is 11.8. The summed E-state index contributed by atoms with van der Waals surface area (Å²) in [6.45, 7) is 1.94. The number of nitrogens with one attached hydrogen (secondary N) is 1. The van der Waals surface area contributed by atoms with E-state index in [0.29, 0.717) is 19.3 Å². The standard InChI is InChI=1S/C12H22N2O5S/c1-3-4-5-10(11(15)16)13-12(17)14(2)9-6-7-20(18,19)8-9/h9-10H,3-8H2,1-2H3,(H,13,17)(H,15,16)/t9?,10-/m0/s1. The Labute approximate surface area is 119 Å². The first-order chi connectivity index (χ1) is 9.26. The molecular formula is C12H22N2O5S. The van der Waals surface area contributed by atoms with Gasteiger partial charge in [0.25, 0.3) is 0 Å². The molecule has 2 amide bonds. The van der Waals surface area contributed by atoms with Gasteiger partial charge in [0.1, 0.15) is 6.04 Å². The fourth-order valence-corrected chi connectivity index (χ4v) is 3.94. The van der Waals surface area contributed by atoms with E-state index in [4.69, 9.17) is 5.11 Å². The normalized spacial score (nSPS) is 22.2. The van der Waals surface area contributed by atoms with Crippen molar-refractivity contribution in [2.75, 3.05) is 18.6 Å². The summed E-state index contributed by atoms with van der Waals surface area (Å²) in [7, 11) is -1.57. The van der Waals surface area contributed by atoms with Crippen molar-refractivity contribution in [3.8, 4) is 0 Å². The molecule has 0 radical (unpaired) electrons. The highest BCUT2D eigenvalue weighted by Crippen LogP contribution is 2.16. The van der Waals surface area contributed by atoms with Gasteiger partial charge in [0.15, 0.2) is 9.84 Å². The number of hydrogen-bond donors (Lipinski definition) is 2. The van der Waals surface area contributed by atoms with Crippen LogP contribution >= 0.6 is 0 Å². The number of amides is 2. The molecular weight excluding hydrogens is 284 g/mol. The van der Waals surface area contributed by atoms with E-state index in [1.165, 1.54) is 11.9 Å². The first-order valence-corrected chi connectivity index (χ1v) is 8.55. The average molecular weight is 306 g/mol. The lowest BCUT2D eigenvalue weighted by atomic mass is 10.1. The molecule has 0 aromatic rings. The number of hydrogen-bond acceptors (Lipinski definition) is 4. The van der Waals surface area contributed by atoms with Gasteiger partial charge in [-0.05, 0) is 12.8 Å². The van der Waals surface area contributed by atoms with Crippen LogP contribution in [0.1, 0.15) is 32.6 Å². The van der Waals surface area contributed by atoms with E-state index in [1.807, 2.05) is 6.92 Å². The van der Waals surface area contributed by atoms with Crippen LogP contribution in [0.5, 0.6) is 0 Å². The smallest absolute Gasteiger partial charge is 0.326 e. The highest BCUT2D eigenvalue weighted by atomic mass is 32.2. The summed E-state index contributed by atoms with van der Waals surface area (Å²) in [5.74, 6) is -1.05. The maximum atomic E-state index is 12.0. The van der Waals surface area contributed by atoms with E-state index in [-0.39, 0.29) is 17.5 Å². The Hall–Kier alpha value is -1.31. The number of carbonyl (C=O) groups excluding carboxylic acids is 1. The van der Waals surface area contributed by atoms with Crippen molar-refractivity contribution in [3.05, 3.63) is 0 Å². The summed E-state index contributed by atoms with van der Waals surface area (Å²) < 4.78 is 22.8. The van der Waals surface area contributed by atoms with Crippen LogP contribution in [0, 0.1) is 0 Å². The van der Waals surface area contributed by atoms with Gasteiger partial charge in [-0.1, -0.05) is 19.8 Å². The summed E-state index contributed by atoms with van der Waals surface area (Å²) in [4.78, 5) is 24.3. The number of carbonyl (C=O) groups is 2. The minimum Gasteiger partial charge on any atom is -0.480 e. The molecule has 0 bridgehead atoms. The van der Waals surface area contributed by atoms with Crippen molar-refractivity contribution in [1.29, 1.82) is 0 Å². The van der Waals surface area contributed by atoms with Crippen LogP contribution in [-0.4, -0.2) is 61.1 Å². The predicted molar refractivity (Wildman–Crippen MR) is 74.3 cm³/mol. The van der Waals surface area contributed by atoms with Crippen LogP contribution in [0.15, 0.2) is 0 Å². The molecule has 0 aliphatic carbocycles. The molecule has 1 aliphatic rings. The Kier molecular flexibility index (Phi) is 5.79. The first kappa shape index (κ1) is 16.7. The van der Waals surface area contributed by atoms with Gasteiger partial charge in [-0.2, -0.15) is 0 Å². The van der Waals surface area contributed by atoms with E-state index in [0.717, 1.165) is 6.42 Å². The molecule has 1 heterocycles. The second-order valence-corrected chi connectivity index (χ2v) is 7.38. The fourth-order valence-electron chi connectivity index (χ4n) is 2.16. The van der Waals surface area contributed by atoms with Gasteiger partial charge in [0.2, 0.25) is 0 Å². The predicted octanol–water partition coefficient (Wildman–Crippen LogP) is 0.458. The Morgan fingerprint density at radius 1 is 1.45 bits per heavy atom. The third kappa shape index (κ3) is 4.66. The Balaban J connectivity index is 2.58. The lowest BCUT2D eigenvalue weighted by molar-refractivity contribution is -0.139. The molecule has 1 aliphatic heterocycles. The van der Waals surface area contributed by atoms with Crippen LogP contribution in [0.2, 0.25) is 0 Å². The van der Waals surface area contributed by atoms with Crippen molar-refractivity contribution >= 4 is 21.8 Å². The number of carboxylic acids is 1. The van der Waals surface area contributed by atoms with Crippen molar-refractivity contribution in [3.63, 3.8) is 0 Å². The molecule has 1 rings (SSSR count). The summed E-state index contributed by atoms with van der Waals surface area (Å²) in [5.41, 5.74) is 0. The fraction of sp³-hybridized carbons (Fsp3) is 0.833. The number of urea groups is 1. The molecule has 1 fully saturated rings. The number of nitrogens with zero attached hydrogens (tertiary/aromatic N) is 1. The molecule has 2 atom stereocenters. The maximum absolute atomic E-state index is 12.0. The van der Waals surface area contributed by atoms with Gasteiger partial charge in [0, 0.05) is 13.1 Å². The van der Waals surface area contributed by atoms with Gasteiger partial charge >= 0.3 is 12.0 Å². The SMILES string of the molecule is CCCC[C@H](NC(=O)N(C)C1CCS(=O)(=O)C1)C(=O)O. The van der Waals surface area contributed by atoms with E-state index in [9.17, 15) is 18.0 Å². The highest BCUT2D eigenvalue weighted by Gasteiger charge is 2.33. The quantitative estimate of drug-likeness (QED) is 0.742. The van der Waals surface area contributed by atoms with Crippen molar-refractivity contribution in [2.24, 2.45) is 0 Å². The third-order valence-electron chi connectivity index (χ3n) is 3.52. The van der Waals surface area contributed by atoms with E-state index >= 15 is 0 Å². The number of unbranched alkanes of at least 4 members (excludes halogenated alkanes) is 1. The van der Waals surface area contributed by atoms with E-state index in [2.05, 4.69) is 5.32 Å². The summed E-state index contributed by atoms with van der Waals surface area (Å²) in [6, 6.07) is -1.83. The lowest BCUT2D eigenvalue weighted by Gasteiger charge is -2.25. The van der Waals surface area contributed by atoms with Crippen molar-refractivity contribution in [2.45, 2.75) is 44.7 Å². The number of aliphatic carboxylic acids is 1. The molecule has 1 saturated heterocycles.